The lowest BCUT2D eigenvalue weighted by molar-refractivity contribution is -0.113. The lowest BCUT2D eigenvalue weighted by atomic mass is 10.2. The van der Waals surface area contributed by atoms with Crippen LogP contribution in [0.2, 0.25) is 0 Å². The Morgan fingerprint density at radius 1 is 1.45 bits per heavy atom. The van der Waals surface area contributed by atoms with Crippen LogP contribution in [0.3, 0.4) is 0 Å². The molecule has 1 aromatic rings. The van der Waals surface area contributed by atoms with E-state index in [9.17, 15) is 17.6 Å². The van der Waals surface area contributed by atoms with E-state index in [4.69, 9.17) is 5.73 Å². The van der Waals surface area contributed by atoms with Crippen molar-refractivity contribution in [3.05, 3.63) is 24.0 Å². The number of nitrogens with one attached hydrogen (secondary N) is 1. The molecule has 0 radical (unpaired) electrons. The summed E-state index contributed by atoms with van der Waals surface area (Å²) in [4.78, 5) is 11.7. The molecule has 0 aliphatic heterocycles. The number of sulfone groups is 1. The van der Waals surface area contributed by atoms with E-state index in [1.807, 2.05) is 13.8 Å². The summed E-state index contributed by atoms with van der Waals surface area (Å²) in [6.07, 6.45) is 0.731. The van der Waals surface area contributed by atoms with E-state index < -0.39 is 27.3 Å². The molecule has 0 aromatic heterocycles. The molecule has 1 aromatic carbocycles. The van der Waals surface area contributed by atoms with Gasteiger partial charge in [0.2, 0.25) is 5.91 Å². The quantitative estimate of drug-likeness (QED) is 0.784. The Morgan fingerprint density at radius 3 is 2.65 bits per heavy atom. The number of rotatable bonds is 6. The topological polar surface area (TPSA) is 89.3 Å². The maximum atomic E-state index is 13.0. The molecular weight excluding hydrogens is 283 g/mol. The van der Waals surface area contributed by atoms with Gasteiger partial charge in [-0.15, -0.1) is 0 Å². The molecular formula is C13H19FN2O3S. The van der Waals surface area contributed by atoms with Gasteiger partial charge in [0.25, 0.3) is 0 Å². The number of hydrogen-bond donors (Lipinski definition) is 2. The Labute approximate surface area is 118 Å². The monoisotopic (exact) mass is 302 g/mol. The highest BCUT2D eigenvalue weighted by atomic mass is 32.2. The van der Waals surface area contributed by atoms with E-state index in [0.29, 0.717) is 0 Å². The third kappa shape index (κ3) is 5.16. The van der Waals surface area contributed by atoms with Crippen LogP contribution >= 0.6 is 0 Å². The summed E-state index contributed by atoms with van der Waals surface area (Å²) in [6.45, 7) is 3.71. The molecule has 1 unspecified atom stereocenters. The van der Waals surface area contributed by atoms with Crippen LogP contribution in [0.1, 0.15) is 20.3 Å². The average molecular weight is 302 g/mol. The van der Waals surface area contributed by atoms with Crippen LogP contribution in [0.4, 0.5) is 15.8 Å². The molecule has 5 nitrogen and oxygen atoms in total. The van der Waals surface area contributed by atoms with Crippen LogP contribution < -0.4 is 11.1 Å². The van der Waals surface area contributed by atoms with Crippen molar-refractivity contribution in [3.8, 4) is 0 Å². The smallest absolute Gasteiger partial charge is 0.239 e. The molecule has 3 N–H and O–H groups in total. The summed E-state index contributed by atoms with van der Waals surface area (Å²) in [5.74, 6) is -1.85. The van der Waals surface area contributed by atoms with E-state index in [1.165, 1.54) is 12.1 Å². The Bertz CT molecular complexity index is 587. The summed E-state index contributed by atoms with van der Waals surface area (Å²) >= 11 is 0. The first-order chi connectivity index (χ1) is 9.23. The maximum Gasteiger partial charge on any atom is 0.239 e. The molecule has 0 spiro atoms. The van der Waals surface area contributed by atoms with Crippen LogP contribution in [-0.2, 0) is 14.6 Å². The Kier molecular flexibility index (Phi) is 5.50. The van der Waals surface area contributed by atoms with E-state index in [1.54, 1.807) is 0 Å². The molecule has 7 heteroatoms. The van der Waals surface area contributed by atoms with Gasteiger partial charge < -0.3 is 11.1 Å². The molecule has 0 aliphatic carbocycles. The molecule has 1 atom stereocenters. The zero-order valence-corrected chi connectivity index (χ0v) is 12.3. The summed E-state index contributed by atoms with van der Waals surface area (Å²) < 4.78 is 36.5. The summed E-state index contributed by atoms with van der Waals surface area (Å²) in [6, 6.07) is 3.68. The van der Waals surface area contributed by atoms with Crippen molar-refractivity contribution in [1.29, 1.82) is 0 Å². The fourth-order valence-electron chi connectivity index (χ4n) is 1.63. The first-order valence-corrected chi connectivity index (χ1v) is 8.11. The molecule has 112 valence electrons. The SMILES string of the molecule is CCC(C)CS(=O)(=O)CC(=O)Nc1ccc(F)c(N)c1. The number of carbonyl (C=O) groups is 1. The molecule has 0 fully saturated rings. The number of halogens is 1. The second kappa shape index (κ2) is 6.69. The molecule has 0 saturated heterocycles. The van der Waals surface area contributed by atoms with Gasteiger partial charge in [-0.1, -0.05) is 20.3 Å². The summed E-state index contributed by atoms with van der Waals surface area (Å²) in [5, 5.41) is 2.39. The van der Waals surface area contributed by atoms with Crippen LogP contribution in [0.25, 0.3) is 0 Å². The van der Waals surface area contributed by atoms with E-state index in [-0.39, 0.29) is 23.0 Å². The zero-order valence-electron chi connectivity index (χ0n) is 11.5. The van der Waals surface area contributed by atoms with Gasteiger partial charge in [-0.3, -0.25) is 4.79 Å². The fraction of sp³-hybridized carbons (Fsp3) is 0.462. The first-order valence-electron chi connectivity index (χ1n) is 6.29. The lowest BCUT2D eigenvalue weighted by Gasteiger charge is -2.10. The zero-order chi connectivity index (χ0) is 15.3. The van der Waals surface area contributed by atoms with Gasteiger partial charge in [-0.25, -0.2) is 12.8 Å². The van der Waals surface area contributed by atoms with E-state index >= 15 is 0 Å². The minimum Gasteiger partial charge on any atom is -0.396 e. The highest BCUT2D eigenvalue weighted by molar-refractivity contribution is 7.92. The summed E-state index contributed by atoms with van der Waals surface area (Å²) in [7, 11) is -3.45. The van der Waals surface area contributed by atoms with Crippen LogP contribution in [-0.4, -0.2) is 25.8 Å². The average Bonchev–Trinajstić information content (AvgIpc) is 2.32. The predicted octanol–water partition coefficient (Wildman–Crippen LogP) is 1.81. The van der Waals surface area contributed by atoms with Crippen molar-refractivity contribution in [2.75, 3.05) is 22.6 Å². The van der Waals surface area contributed by atoms with Crippen LogP contribution in [0.5, 0.6) is 0 Å². The first kappa shape index (κ1) is 16.4. The van der Waals surface area contributed by atoms with Gasteiger partial charge in [0.1, 0.15) is 11.6 Å². The standard InChI is InChI=1S/C13H19FN2O3S/c1-3-9(2)7-20(18,19)8-13(17)16-10-4-5-11(14)12(15)6-10/h4-6,9H,3,7-8,15H2,1-2H3,(H,16,17). The number of nitrogens with two attached hydrogens (primary N) is 1. The predicted molar refractivity (Wildman–Crippen MR) is 77.6 cm³/mol. The van der Waals surface area contributed by atoms with Crippen molar-refractivity contribution in [2.24, 2.45) is 5.92 Å². The van der Waals surface area contributed by atoms with Gasteiger partial charge in [-0.05, 0) is 24.1 Å². The molecule has 0 bridgehead atoms. The third-order valence-electron chi connectivity index (χ3n) is 2.87. The normalized spacial score (nSPS) is 12.9. The lowest BCUT2D eigenvalue weighted by Crippen LogP contribution is -2.26. The number of nitrogen functional groups attached to an aromatic ring is 1. The van der Waals surface area contributed by atoms with Crippen LogP contribution in [0, 0.1) is 11.7 Å². The highest BCUT2D eigenvalue weighted by Gasteiger charge is 2.19. The minimum atomic E-state index is -3.45. The minimum absolute atomic E-state index is 0.00858. The fourth-order valence-corrected chi connectivity index (χ4v) is 3.32. The van der Waals surface area contributed by atoms with Crippen molar-refractivity contribution in [3.63, 3.8) is 0 Å². The Morgan fingerprint density at radius 2 is 2.10 bits per heavy atom. The maximum absolute atomic E-state index is 13.0. The Hall–Kier alpha value is -1.63. The molecule has 0 saturated carbocycles. The number of hydrogen-bond acceptors (Lipinski definition) is 4. The van der Waals surface area contributed by atoms with Crippen molar-refractivity contribution in [1.82, 2.24) is 0 Å². The number of amides is 1. The second-order valence-corrected chi connectivity index (χ2v) is 6.96. The van der Waals surface area contributed by atoms with Crippen molar-refractivity contribution >= 4 is 27.1 Å². The van der Waals surface area contributed by atoms with Gasteiger partial charge >= 0.3 is 0 Å². The highest BCUT2D eigenvalue weighted by Crippen LogP contribution is 2.16. The largest absolute Gasteiger partial charge is 0.396 e. The van der Waals surface area contributed by atoms with Crippen molar-refractivity contribution < 1.29 is 17.6 Å². The molecule has 1 amide bonds. The number of benzene rings is 1. The number of anilines is 2. The molecule has 20 heavy (non-hydrogen) atoms. The van der Waals surface area contributed by atoms with Crippen molar-refractivity contribution in [2.45, 2.75) is 20.3 Å². The molecule has 0 heterocycles. The second-order valence-electron chi connectivity index (χ2n) is 4.85. The van der Waals surface area contributed by atoms with Gasteiger partial charge in [-0.2, -0.15) is 0 Å². The van der Waals surface area contributed by atoms with E-state index in [0.717, 1.165) is 12.5 Å². The molecule has 0 aliphatic rings. The Balaban J connectivity index is 2.65. The van der Waals surface area contributed by atoms with E-state index in [2.05, 4.69) is 5.32 Å². The van der Waals surface area contributed by atoms with Gasteiger partial charge in [0, 0.05) is 5.69 Å². The molecule has 1 rings (SSSR count). The third-order valence-corrected chi connectivity index (χ3v) is 4.65. The van der Waals surface area contributed by atoms with Crippen LogP contribution in [0.15, 0.2) is 18.2 Å². The van der Waals surface area contributed by atoms with Gasteiger partial charge in [0.15, 0.2) is 9.84 Å². The van der Waals surface area contributed by atoms with Gasteiger partial charge in [0.05, 0.1) is 11.4 Å². The summed E-state index contributed by atoms with van der Waals surface area (Å²) in [5.41, 5.74) is 5.53. The number of carbonyl (C=O) groups excluding carboxylic acids is 1.